The lowest BCUT2D eigenvalue weighted by Crippen LogP contribution is -2.65. The molecule has 2 unspecified atom stereocenters. The quantitative estimate of drug-likeness (QED) is 0.354. The number of nitrogens with one attached hydrogen (secondary N) is 3. The molecule has 0 aromatic heterocycles. The van der Waals surface area contributed by atoms with E-state index < -0.39 is 23.2 Å². The van der Waals surface area contributed by atoms with Gasteiger partial charge in [0.2, 0.25) is 0 Å². The van der Waals surface area contributed by atoms with Crippen LogP contribution in [0.5, 0.6) is 23.0 Å². The first-order chi connectivity index (χ1) is 25.8. The lowest BCUT2D eigenvalue weighted by molar-refractivity contribution is -0.134. The number of ether oxygens (including phenoxy) is 5. The molecule has 55 heavy (non-hydrogen) atoms. The van der Waals surface area contributed by atoms with E-state index in [1.165, 1.54) is 0 Å². The average molecular weight is 765 g/mol. The predicted octanol–water partition coefficient (Wildman–Crippen LogP) is 2.65. The van der Waals surface area contributed by atoms with Crippen LogP contribution in [0.15, 0.2) is 46.6 Å². The van der Waals surface area contributed by atoms with Crippen molar-refractivity contribution in [2.45, 2.75) is 84.3 Å². The number of amidine groups is 2. The van der Waals surface area contributed by atoms with Crippen LogP contribution in [-0.4, -0.2) is 114 Å². The second-order valence-electron chi connectivity index (χ2n) is 15.5. The van der Waals surface area contributed by atoms with Gasteiger partial charge in [-0.1, -0.05) is 0 Å². The van der Waals surface area contributed by atoms with E-state index in [4.69, 9.17) is 33.6 Å². The largest absolute Gasteiger partial charge is 0.485 e. The molecule has 8 rings (SSSR count). The molecule has 18 heteroatoms. The highest BCUT2D eigenvalue weighted by Gasteiger charge is 2.46. The van der Waals surface area contributed by atoms with Crippen LogP contribution in [0.2, 0.25) is 0 Å². The normalized spacial score (nSPS) is 22.2. The summed E-state index contributed by atoms with van der Waals surface area (Å²) in [7, 11) is 0. The number of benzene rings is 2. The number of hydrogen-bond acceptors (Lipinski definition) is 14. The first-order valence-corrected chi connectivity index (χ1v) is 17.9. The van der Waals surface area contributed by atoms with Gasteiger partial charge in [-0.25, -0.2) is 15.6 Å². The number of carboxylic acid groups (broad SMARTS) is 1. The second kappa shape index (κ2) is 14.8. The molecule has 6 heterocycles. The van der Waals surface area contributed by atoms with Gasteiger partial charge in [0.15, 0.2) is 11.7 Å². The van der Waals surface area contributed by atoms with Gasteiger partial charge in [-0.05, 0) is 72.7 Å². The number of nitrogens with zero attached hydrogens (tertiary/aromatic N) is 5. The van der Waals surface area contributed by atoms with E-state index in [9.17, 15) is 14.4 Å². The molecule has 6 aliphatic rings. The van der Waals surface area contributed by atoms with Crippen LogP contribution in [-0.2, 0) is 19.1 Å². The molecule has 2 aromatic carbocycles. The smallest absolute Gasteiger partial charge is 0.410 e. The van der Waals surface area contributed by atoms with Gasteiger partial charge in [-0.15, -0.1) is 0 Å². The standard InChI is InChI=1S/C20H26N4O5.C15H18N4O3.C2H4O2/c1-12-17(25)22-21-16-9-27-15-7-6-13(8-14(15)24(12)16)28-20(5)10-23(11-20)18(26)29-19(2,3)4;1-9-14(20)18-17-13-6-21-12-4-3-10(5-11(12)19(9)13)22-15(2)7-16-8-15;1-2(3)4/h6-8,12H,9-11H2,1-5H3,(H,22,25);3-5,9,16H,6-8H2,1-2H3,(H,18,20);1H3,(H,3,4). The summed E-state index contributed by atoms with van der Waals surface area (Å²) in [6, 6.07) is 10.5. The number of hydrogen-bond donors (Lipinski definition) is 4. The Kier molecular flexibility index (Phi) is 10.5. The van der Waals surface area contributed by atoms with Crippen molar-refractivity contribution in [3.8, 4) is 23.0 Å². The van der Waals surface area contributed by atoms with Gasteiger partial charge in [0, 0.05) is 32.1 Å². The van der Waals surface area contributed by atoms with Crippen molar-refractivity contribution in [1.29, 1.82) is 0 Å². The van der Waals surface area contributed by atoms with Gasteiger partial charge < -0.3 is 48.8 Å². The number of hydrazone groups is 2. The molecule has 0 spiro atoms. The van der Waals surface area contributed by atoms with Crippen LogP contribution in [0.25, 0.3) is 0 Å². The minimum atomic E-state index is -0.833. The van der Waals surface area contributed by atoms with Crippen LogP contribution in [0.1, 0.15) is 55.4 Å². The third-order valence-corrected chi connectivity index (χ3v) is 9.20. The lowest BCUT2D eigenvalue weighted by atomic mass is 9.97. The molecule has 18 nitrogen and oxygen atoms in total. The number of amides is 3. The van der Waals surface area contributed by atoms with Crippen LogP contribution >= 0.6 is 0 Å². The third kappa shape index (κ3) is 8.64. The Morgan fingerprint density at radius 3 is 1.65 bits per heavy atom. The zero-order valence-electron chi connectivity index (χ0n) is 32.2. The maximum absolute atomic E-state index is 12.2. The summed E-state index contributed by atoms with van der Waals surface area (Å²) >= 11 is 0. The molecule has 0 bridgehead atoms. The van der Waals surface area contributed by atoms with E-state index in [0.29, 0.717) is 49.5 Å². The number of anilines is 2. The maximum atomic E-state index is 12.2. The predicted molar refractivity (Wildman–Crippen MR) is 201 cm³/mol. The van der Waals surface area contributed by atoms with Crippen molar-refractivity contribution in [3.05, 3.63) is 36.4 Å². The highest BCUT2D eigenvalue weighted by molar-refractivity contribution is 6.10. The lowest BCUT2D eigenvalue weighted by Gasteiger charge is -2.47. The van der Waals surface area contributed by atoms with Crippen molar-refractivity contribution < 1.29 is 48.0 Å². The summed E-state index contributed by atoms with van der Waals surface area (Å²) < 4.78 is 29.1. The zero-order valence-corrected chi connectivity index (χ0v) is 32.2. The molecular weight excluding hydrogens is 716 g/mol. The van der Waals surface area contributed by atoms with Gasteiger partial charge in [0.25, 0.3) is 17.8 Å². The number of carbonyl (C=O) groups is 4. The molecule has 0 radical (unpaired) electrons. The van der Waals surface area contributed by atoms with Gasteiger partial charge in [0.1, 0.15) is 65.1 Å². The van der Waals surface area contributed by atoms with Crippen molar-refractivity contribution in [3.63, 3.8) is 0 Å². The summed E-state index contributed by atoms with van der Waals surface area (Å²) in [6.45, 7) is 17.5. The molecule has 0 saturated carbocycles. The number of aliphatic carboxylic acids is 1. The Morgan fingerprint density at radius 1 is 0.818 bits per heavy atom. The maximum Gasteiger partial charge on any atom is 0.410 e. The van der Waals surface area contributed by atoms with E-state index in [1.807, 2.05) is 87.7 Å². The summed E-state index contributed by atoms with van der Waals surface area (Å²) in [5, 5.41) is 18.8. The molecule has 6 aliphatic heterocycles. The number of fused-ring (bicyclic) bond motifs is 6. The number of carbonyl (C=O) groups excluding carboxylic acids is 3. The molecule has 3 amide bonds. The Bertz CT molecular complexity index is 1910. The van der Waals surface area contributed by atoms with E-state index in [2.05, 4.69) is 33.3 Å². The molecule has 0 aliphatic carbocycles. The zero-order chi connectivity index (χ0) is 39.9. The third-order valence-electron chi connectivity index (χ3n) is 9.20. The second-order valence-corrected chi connectivity index (χ2v) is 15.5. The highest BCUT2D eigenvalue weighted by atomic mass is 16.6. The van der Waals surface area contributed by atoms with Crippen LogP contribution in [0.3, 0.4) is 0 Å². The van der Waals surface area contributed by atoms with Crippen LogP contribution < -0.4 is 44.9 Å². The minimum Gasteiger partial charge on any atom is -0.485 e. The number of carboxylic acids is 1. The Morgan fingerprint density at radius 2 is 1.25 bits per heavy atom. The molecule has 4 N–H and O–H groups in total. The Balaban J connectivity index is 0.000000175. The summed E-state index contributed by atoms with van der Waals surface area (Å²) in [6.07, 6.45) is -0.341. The summed E-state index contributed by atoms with van der Waals surface area (Å²) in [5.41, 5.74) is 5.37. The van der Waals surface area contributed by atoms with Gasteiger partial charge in [-0.2, -0.15) is 10.2 Å². The van der Waals surface area contributed by atoms with E-state index in [0.717, 1.165) is 42.9 Å². The molecule has 2 atom stereocenters. The summed E-state index contributed by atoms with van der Waals surface area (Å²) in [5.74, 6) is 3.03. The average Bonchev–Trinajstić information content (AvgIpc) is 3.08. The van der Waals surface area contributed by atoms with E-state index in [1.54, 1.807) is 4.90 Å². The highest BCUT2D eigenvalue weighted by Crippen LogP contribution is 2.40. The van der Waals surface area contributed by atoms with Crippen molar-refractivity contribution in [2.75, 3.05) is 49.2 Å². The molecular formula is C37H48N8O10. The Hall–Kier alpha value is -5.78. The minimum absolute atomic E-state index is 0.127. The topological polar surface area (TPSA) is 205 Å². The van der Waals surface area contributed by atoms with Crippen molar-refractivity contribution >= 4 is 46.9 Å². The fraction of sp³-hybridized carbons (Fsp3) is 0.514. The molecule has 296 valence electrons. The van der Waals surface area contributed by atoms with Gasteiger partial charge >= 0.3 is 6.09 Å². The summed E-state index contributed by atoms with van der Waals surface area (Å²) in [4.78, 5) is 50.5. The number of rotatable bonds is 4. The van der Waals surface area contributed by atoms with Crippen molar-refractivity contribution in [2.24, 2.45) is 10.2 Å². The van der Waals surface area contributed by atoms with Gasteiger partial charge in [-0.3, -0.25) is 14.4 Å². The number of likely N-dealkylation sites (tertiary alicyclic amines) is 1. The molecule has 2 aromatic rings. The Labute approximate surface area is 318 Å². The first kappa shape index (κ1) is 38.9. The van der Waals surface area contributed by atoms with E-state index >= 15 is 0 Å². The van der Waals surface area contributed by atoms with Gasteiger partial charge in [0.05, 0.1) is 24.5 Å². The SMILES string of the molecule is CC(=O)O.CC1C(=O)NN=C2COc3ccc(OC4(C)CN(C(=O)OC(C)(C)C)C4)cc3N21.CC1C(=O)NN=C2COc3ccc(OC4(C)CNC4)cc3N21. The first-order valence-electron chi connectivity index (χ1n) is 17.9. The monoisotopic (exact) mass is 764 g/mol. The molecule has 2 saturated heterocycles. The van der Waals surface area contributed by atoms with Crippen LogP contribution in [0, 0.1) is 0 Å². The fourth-order valence-corrected chi connectivity index (χ4v) is 6.54. The van der Waals surface area contributed by atoms with Crippen LogP contribution in [0.4, 0.5) is 16.2 Å². The van der Waals surface area contributed by atoms with Crippen molar-refractivity contribution in [1.82, 2.24) is 21.1 Å². The van der Waals surface area contributed by atoms with E-state index in [-0.39, 0.29) is 29.6 Å². The fourth-order valence-electron chi connectivity index (χ4n) is 6.54. The molecule has 2 fully saturated rings.